The molecule has 0 amide bonds. The highest BCUT2D eigenvalue weighted by Crippen LogP contribution is 2.23. The molecule has 9 heteroatoms. The molecule has 0 aromatic carbocycles. The van der Waals surface area contributed by atoms with Crippen LogP contribution in [0.15, 0.2) is 24.7 Å². The van der Waals surface area contributed by atoms with Crippen LogP contribution < -0.4 is 0 Å². The summed E-state index contributed by atoms with van der Waals surface area (Å²) in [6.45, 7) is 1.12. The Bertz CT molecular complexity index is 815. The van der Waals surface area contributed by atoms with E-state index in [-0.39, 0.29) is 5.92 Å². The van der Waals surface area contributed by atoms with Crippen molar-refractivity contribution >= 4 is 10.2 Å². The number of hydrogen-bond acceptors (Lipinski definition) is 5. The van der Waals surface area contributed by atoms with Crippen LogP contribution in [0.5, 0.6) is 0 Å². The minimum absolute atomic E-state index is 0.264. The summed E-state index contributed by atoms with van der Waals surface area (Å²) < 4.78 is 29.2. The molecule has 1 atom stereocenters. The van der Waals surface area contributed by atoms with E-state index in [0.717, 1.165) is 36.3 Å². The number of aryl methyl sites for hydroxylation is 1. The van der Waals surface area contributed by atoms with Crippen molar-refractivity contribution in [2.75, 3.05) is 27.2 Å². The average molecular weight is 364 g/mol. The zero-order chi connectivity index (χ0) is 18.0. The Kier molecular flexibility index (Phi) is 5.16. The molecule has 0 saturated carbocycles. The smallest absolute Gasteiger partial charge is 0.266 e. The van der Waals surface area contributed by atoms with Crippen molar-refractivity contribution in [1.29, 1.82) is 0 Å². The van der Waals surface area contributed by atoms with Gasteiger partial charge in [-0.3, -0.25) is 14.6 Å². The van der Waals surface area contributed by atoms with Crippen LogP contribution in [-0.2, 0) is 23.7 Å². The maximum atomic E-state index is 12.3. The molecule has 1 unspecified atom stereocenters. The molecular weight excluding hydrogens is 340 g/mol. The summed E-state index contributed by atoms with van der Waals surface area (Å²) in [7, 11) is 1.66. The van der Waals surface area contributed by atoms with Gasteiger partial charge in [0.25, 0.3) is 10.2 Å². The third-order valence-corrected chi connectivity index (χ3v) is 6.46. The predicted octanol–water partition coefficient (Wildman–Crippen LogP) is 0.938. The molecule has 2 aromatic rings. The van der Waals surface area contributed by atoms with Crippen molar-refractivity contribution in [3.63, 3.8) is 0 Å². The second-order valence-electron chi connectivity index (χ2n) is 6.59. The average Bonchev–Trinajstić information content (AvgIpc) is 3.02. The lowest BCUT2D eigenvalue weighted by molar-refractivity contribution is 0.253. The van der Waals surface area contributed by atoms with E-state index < -0.39 is 10.2 Å². The minimum Gasteiger partial charge on any atom is -0.266 e. The van der Waals surface area contributed by atoms with Crippen LogP contribution in [0, 0.1) is 5.92 Å². The van der Waals surface area contributed by atoms with Crippen LogP contribution in [0.3, 0.4) is 0 Å². The summed E-state index contributed by atoms with van der Waals surface area (Å²) in [6.07, 6.45) is 7.87. The highest BCUT2D eigenvalue weighted by atomic mass is 32.2. The number of nitrogens with zero attached hydrogens (tertiary/aromatic N) is 6. The van der Waals surface area contributed by atoms with Crippen molar-refractivity contribution in [3.05, 3.63) is 30.4 Å². The maximum absolute atomic E-state index is 12.3. The maximum Gasteiger partial charge on any atom is 0.281 e. The second kappa shape index (κ2) is 7.19. The summed E-state index contributed by atoms with van der Waals surface area (Å²) in [5.74, 6) is 0.264. The van der Waals surface area contributed by atoms with Crippen LogP contribution in [0.25, 0.3) is 11.4 Å². The molecule has 2 aromatic heterocycles. The van der Waals surface area contributed by atoms with Crippen LogP contribution in [0.1, 0.15) is 18.5 Å². The second-order valence-corrected chi connectivity index (χ2v) is 8.74. The number of piperidine rings is 1. The number of hydrogen-bond donors (Lipinski definition) is 0. The minimum atomic E-state index is -3.35. The fourth-order valence-electron chi connectivity index (χ4n) is 3.15. The van der Waals surface area contributed by atoms with E-state index in [4.69, 9.17) is 0 Å². The van der Waals surface area contributed by atoms with E-state index in [0.29, 0.717) is 13.1 Å². The quantitative estimate of drug-likeness (QED) is 0.788. The Morgan fingerprint density at radius 1 is 1.28 bits per heavy atom. The zero-order valence-corrected chi connectivity index (χ0v) is 15.6. The summed E-state index contributed by atoms with van der Waals surface area (Å²) in [5, 5.41) is 4.14. The Hall–Kier alpha value is -1.84. The van der Waals surface area contributed by atoms with Gasteiger partial charge in [0.2, 0.25) is 0 Å². The first kappa shape index (κ1) is 18.0. The normalized spacial score (nSPS) is 19.4. The van der Waals surface area contributed by atoms with Crippen LogP contribution >= 0.6 is 0 Å². The first-order valence-corrected chi connectivity index (χ1v) is 9.74. The molecule has 3 heterocycles. The first-order valence-electron chi connectivity index (χ1n) is 8.35. The molecule has 8 nitrogen and oxygen atoms in total. The van der Waals surface area contributed by atoms with Gasteiger partial charge in [-0.25, -0.2) is 0 Å². The molecule has 25 heavy (non-hydrogen) atoms. The van der Waals surface area contributed by atoms with Gasteiger partial charge in [-0.1, -0.05) is 0 Å². The summed E-state index contributed by atoms with van der Waals surface area (Å²) in [6, 6.07) is 1.90. The summed E-state index contributed by atoms with van der Waals surface area (Å²) >= 11 is 0. The Morgan fingerprint density at radius 2 is 2.08 bits per heavy atom. The van der Waals surface area contributed by atoms with Gasteiger partial charge in [0.05, 0.1) is 17.6 Å². The lowest BCUT2D eigenvalue weighted by Crippen LogP contribution is -2.45. The molecule has 1 fully saturated rings. The van der Waals surface area contributed by atoms with Gasteiger partial charge in [0, 0.05) is 46.6 Å². The highest BCUT2D eigenvalue weighted by molar-refractivity contribution is 7.86. The molecule has 136 valence electrons. The monoisotopic (exact) mass is 364 g/mol. The van der Waals surface area contributed by atoms with E-state index in [1.54, 1.807) is 41.7 Å². The van der Waals surface area contributed by atoms with Crippen LogP contribution in [0.4, 0.5) is 0 Å². The Balaban J connectivity index is 1.67. The van der Waals surface area contributed by atoms with Gasteiger partial charge in [-0.15, -0.1) is 0 Å². The molecule has 1 aliphatic heterocycles. The molecule has 0 aliphatic carbocycles. The standard InChI is InChI=1S/C16H24N6O2S/c1-20(2)25(23,24)22-8-4-5-13(12-22)9-14-10-18-15(11-17-14)16-6-7-19-21(16)3/h6-7,10-11,13H,4-5,8-9,12H2,1-3H3. The van der Waals surface area contributed by atoms with E-state index in [2.05, 4.69) is 15.1 Å². The largest absolute Gasteiger partial charge is 0.281 e. The summed E-state index contributed by atoms with van der Waals surface area (Å²) in [5.41, 5.74) is 2.59. The molecule has 0 N–H and O–H groups in total. The SMILES string of the molecule is CN(C)S(=O)(=O)N1CCCC(Cc2cnc(-c3ccnn3C)cn2)C1. The van der Waals surface area contributed by atoms with Crippen molar-refractivity contribution in [2.24, 2.45) is 13.0 Å². The molecule has 1 aliphatic rings. The van der Waals surface area contributed by atoms with Gasteiger partial charge in [0.1, 0.15) is 5.69 Å². The van der Waals surface area contributed by atoms with Gasteiger partial charge < -0.3 is 0 Å². The predicted molar refractivity (Wildman–Crippen MR) is 94.8 cm³/mol. The molecule has 1 saturated heterocycles. The third kappa shape index (κ3) is 3.88. The van der Waals surface area contributed by atoms with E-state index in [9.17, 15) is 8.42 Å². The van der Waals surface area contributed by atoms with Crippen molar-refractivity contribution < 1.29 is 8.42 Å². The fourth-order valence-corrected chi connectivity index (χ4v) is 4.37. The Morgan fingerprint density at radius 3 is 2.68 bits per heavy atom. The van der Waals surface area contributed by atoms with Crippen molar-refractivity contribution in [2.45, 2.75) is 19.3 Å². The van der Waals surface area contributed by atoms with E-state index in [1.807, 2.05) is 13.1 Å². The Labute approximate surface area is 148 Å². The zero-order valence-electron chi connectivity index (χ0n) is 14.8. The van der Waals surface area contributed by atoms with Gasteiger partial charge >= 0.3 is 0 Å². The number of rotatable bonds is 5. The van der Waals surface area contributed by atoms with Crippen LogP contribution in [-0.4, -0.2) is 64.0 Å². The molecule has 0 spiro atoms. The van der Waals surface area contributed by atoms with Gasteiger partial charge in [-0.2, -0.15) is 22.1 Å². The van der Waals surface area contributed by atoms with Crippen molar-refractivity contribution in [3.8, 4) is 11.4 Å². The molecule has 0 radical (unpaired) electrons. The van der Waals surface area contributed by atoms with E-state index in [1.165, 1.54) is 4.31 Å². The van der Waals surface area contributed by atoms with Gasteiger partial charge in [-0.05, 0) is 31.2 Å². The highest BCUT2D eigenvalue weighted by Gasteiger charge is 2.30. The van der Waals surface area contributed by atoms with Crippen molar-refractivity contribution in [1.82, 2.24) is 28.4 Å². The topological polar surface area (TPSA) is 84.2 Å². The number of aromatic nitrogens is 4. The first-order chi connectivity index (χ1) is 11.9. The summed E-state index contributed by atoms with van der Waals surface area (Å²) in [4.78, 5) is 8.99. The fraction of sp³-hybridized carbons (Fsp3) is 0.562. The molecule has 0 bridgehead atoms. The van der Waals surface area contributed by atoms with E-state index >= 15 is 0 Å². The van der Waals surface area contributed by atoms with Crippen LogP contribution in [0.2, 0.25) is 0 Å². The van der Waals surface area contributed by atoms with Gasteiger partial charge in [0.15, 0.2) is 0 Å². The third-order valence-electron chi connectivity index (χ3n) is 4.56. The molecular formula is C16H24N6O2S. The lowest BCUT2D eigenvalue weighted by atomic mass is 9.95. The molecule has 3 rings (SSSR count). The lowest BCUT2D eigenvalue weighted by Gasteiger charge is -2.33.